The summed E-state index contributed by atoms with van der Waals surface area (Å²) in [5.74, 6) is 0.393. The summed E-state index contributed by atoms with van der Waals surface area (Å²) in [6, 6.07) is 5.36. The van der Waals surface area contributed by atoms with E-state index in [0.29, 0.717) is 25.6 Å². The quantitative estimate of drug-likeness (QED) is 0.294. The maximum atomic E-state index is 13.7. The largest absolute Gasteiger partial charge is 0.357 e. The highest BCUT2D eigenvalue weighted by molar-refractivity contribution is 14.0. The lowest BCUT2D eigenvalue weighted by Crippen LogP contribution is -2.39. The highest BCUT2D eigenvalue weighted by Gasteiger charge is 2.18. The lowest BCUT2D eigenvalue weighted by molar-refractivity contribution is 0.567. The average molecular weight is 524 g/mol. The van der Waals surface area contributed by atoms with E-state index in [1.54, 1.807) is 6.33 Å². The number of aryl methyl sites for hydroxylation is 1. The van der Waals surface area contributed by atoms with Gasteiger partial charge in [-0.1, -0.05) is 19.1 Å². The van der Waals surface area contributed by atoms with Crippen molar-refractivity contribution in [1.82, 2.24) is 25.4 Å². The first-order chi connectivity index (χ1) is 13.0. The summed E-state index contributed by atoms with van der Waals surface area (Å²) in [5, 5.41) is 14.1. The minimum absolute atomic E-state index is 0. The SMILES string of the molecule is CCNC(=NCCS(=O)(=O)c1ccccc1F)NCCn1cnnc1CC.I. The van der Waals surface area contributed by atoms with Gasteiger partial charge < -0.3 is 15.2 Å². The van der Waals surface area contributed by atoms with Crippen molar-refractivity contribution in [2.75, 3.05) is 25.4 Å². The van der Waals surface area contributed by atoms with Gasteiger partial charge in [0.05, 0.1) is 12.3 Å². The van der Waals surface area contributed by atoms with Crippen LogP contribution in [-0.4, -0.2) is 54.5 Å². The van der Waals surface area contributed by atoms with Crippen LogP contribution in [0.15, 0.2) is 40.5 Å². The van der Waals surface area contributed by atoms with Crippen LogP contribution in [-0.2, 0) is 22.8 Å². The van der Waals surface area contributed by atoms with Crippen molar-refractivity contribution < 1.29 is 12.8 Å². The van der Waals surface area contributed by atoms with Gasteiger partial charge in [0.2, 0.25) is 0 Å². The summed E-state index contributed by atoms with van der Waals surface area (Å²) in [5.41, 5.74) is 0. The van der Waals surface area contributed by atoms with Gasteiger partial charge in [-0.25, -0.2) is 12.8 Å². The Labute approximate surface area is 182 Å². The Morgan fingerprint density at radius 3 is 2.68 bits per heavy atom. The zero-order chi connectivity index (χ0) is 19.7. The van der Waals surface area contributed by atoms with E-state index in [4.69, 9.17) is 0 Å². The molecule has 2 rings (SSSR count). The highest BCUT2D eigenvalue weighted by atomic mass is 127. The molecule has 0 spiro atoms. The van der Waals surface area contributed by atoms with Crippen LogP contribution in [0.25, 0.3) is 0 Å². The Hall–Kier alpha value is -1.76. The van der Waals surface area contributed by atoms with Crippen molar-refractivity contribution in [3.63, 3.8) is 0 Å². The Morgan fingerprint density at radius 1 is 1.25 bits per heavy atom. The molecule has 0 fully saturated rings. The van der Waals surface area contributed by atoms with E-state index in [1.807, 2.05) is 18.4 Å². The summed E-state index contributed by atoms with van der Waals surface area (Å²) >= 11 is 0. The van der Waals surface area contributed by atoms with Gasteiger partial charge in [-0.05, 0) is 19.1 Å². The highest BCUT2D eigenvalue weighted by Crippen LogP contribution is 2.14. The molecule has 0 saturated heterocycles. The molecule has 0 unspecified atom stereocenters. The van der Waals surface area contributed by atoms with E-state index in [0.717, 1.165) is 18.3 Å². The van der Waals surface area contributed by atoms with Crippen LogP contribution in [0.3, 0.4) is 0 Å². The molecule has 0 aliphatic carbocycles. The number of rotatable bonds is 9. The van der Waals surface area contributed by atoms with Crippen LogP contribution < -0.4 is 10.6 Å². The number of nitrogens with one attached hydrogen (secondary N) is 2. The first-order valence-electron chi connectivity index (χ1n) is 8.84. The molecule has 0 aliphatic rings. The topological polar surface area (TPSA) is 101 Å². The van der Waals surface area contributed by atoms with Gasteiger partial charge in [0.1, 0.15) is 22.9 Å². The Balaban J connectivity index is 0.00000392. The number of halogens is 2. The Kier molecular flexibility index (Phi) is 10.4. The Bertz CT molecular complexity index is 872. The number of benzene rings is 1. The predicted molar refractivity (Wildman–Crippen MR) is 117 cm³/mol. The van der Waals surface area contributed by atoms with Gasteiger partial charge in [0, 0.05) is 26.1 Å². The number of hydrogen-bond acceptors (Lipinski definition) is 5. The molecule has 2 aromatic rings. The second-order valence-electron chi connectivity index (χ2n) is 5.73. The number of sulfone groups is 1. The zero-order valence-corrected chi connectivity index (χ0v) is 19.1. The summed E-state index contributed by atoms with van der Waals surface area (Å²) in [6.07, 6.45) is 2.47. The molecule has 0 saturated carbocycles. The van der Waals surface area contributed by atoms with Gasteiger partial charge in [0.15, 0.2) is 15.8 Å². The summed E-state index contributed by atoms with van der Waals surface area (Å²) < 4.78 is 40.2. The molecule has 0 atom stereocenters. The fourth-order valence-corrected chi connectivity index (χ4v) is 3.66. The van der Waals surface area contributed by atoms with Crippen molar-refractivity contribution in [3.05, 3.63) is 42.2 Å². The molecule has 0 aliphatic heterocycles. The summed E-state index contributed by atoms with van der Waals surface area (Å²) in [4.78, 5) is 3.97. The average Bonchev–Trinajstić information content (AvgIpc) is 3.09. The lowest BCUT2D eigenvalue weighted by atomic mass is 10.3. The van der Waals surface area contributed by atoms with Crippen molar-refractivity contribution >= 4 is 39.8 Å². The van der Waals surface area contributed by atoms with Crippen LogP contribution in [0.4, 0.5) is 4.39 Å². The molecule has 0 radical (unpaired) electrons. The van der Waals surface area contributed by atoms with Gasteiger partial charge in [-0.15, -0.1) is 34.2 Å². The number of nitrogens with zero attached hydrogens (tertiary/aromatic N) is 4. The number of guanidine groups is 1. The van der Waals surface area contributed by atoms with Crippen LogP contribution in [0.2, 0.25) is 0 Å². The maximum Gasteiger partial charge on any atom is 0.191 e. The van der Waals surface area contributed by atoms with Crippen molar-refractivity contribution in [2.45, 2.75) is 31.7 Å². The molecule has 1 heterocycles. The normalized spacial score (nSPS) is 11.8. The fourth-order valence-electron chi connectivity index (χ4n) is 2.46. The fraction of sp³-hybridized carbons (Fsp3) is 0.471. The molecule has 156 valence electrons. The minimum atomic E-state index is -3.72. The number of aromatic nitrogens is 3. The van der Waals surface area contributed by atoms with Crippen LogP contribution in [0, 0.1) is 5.82 Å². The molecule has 2 N–H and O–H groups in total. The smallest absolute Gasteiger partial charge is 0.191 e. The van der Waals surface area contributed by atoms with Gasteiger partial charge in [-0.2, -0.15) is 0 Å². The van der Waals surface area contributed by atoms with Crippen molar-refractivity contribution in [3.8, 4) is 0 Å². The monoisotopic (exact) mass is 524 g/mol. The lowest BCUT2D eigenvalue weighted by Gasteiger charge is -2.12. The van der Waals surface area contributed by atoms with Crippen molar-refractivity contribution in [2.24, 2.45) is 4.99 Å². The number of hydrogen-bond donors (Lipinski definition) is 2. The molecular formula is C17H26FIN6O2S. The standard InChI is InChI=1S/C17H25FN6O2S.HI/c1-3-16-23-22-13-24(16)11-9-20-17(19-4-2)21-10-12-27(25,26)15-8-6-5-7-14(15)18;/h5-8,13H,3-4,9-12H2,1-2H3,(H2,19,20,21);1H. The molecule has 8 nitrogen and oxygen atoms in total. The van der Waals surface area contributed by atoms with Crippen LogP contribution in [0.1, 0.15) is 19.7 Å². The van der Waals surface area contributed by atoms with Gasteiger partial charge >= 0.3 is 0 Å². The second-order valence-corrected chi connectivity index (χ2v) is 7.81. The third-order valence-electron chi connectivity index (χ3n) is 3.80. The maximum absolute atomic E-state index is 13.7. The first-order valence-corrected chi connectivity index (χ1v) is 10.5. The summed E-state index contributed by atoms with van der Waals surface area (Å²) in [6.45, 7) is 5.83. The van der Waals surface area contributed by atoms with E-state index < -0.39 is 15.7 Å². The molecule has 0 amide bonds. The van der Waals surface area contributed by atoms with E-state index in [2.05, 4.69) is 25.8 Å². The molecular weight excluding hydrogens is 498 g/mol. The van der Waals surface area contributed by atoms with Crippen LogP contribution in [0.5, 0.6) is 0 Å². The van der Waals surface area contributed by atoms with E-state index in [1.165, 1.54) is 18.2 Å². The van der Waals surface area contributed by atoms with E-state index >= 15 is 0 Å². The van der Waals surface area contributed by atoms with Crippen LogP contribution >= 0.6 is 24.0 Å². The van der Waals surface area contributed by atoms with E-state index in [9.17, 15) is 12.8 Å². The first kappa shape index (κ1) is 24.3. The third-order valence-corrected chi connectivity index (χ3v) is 5.52. The molecule has 11 heteroatoms. The second kappa shape index (κ2) is 11.9. The van der Waals surface area contributed by atoms with Gasteiger partial charge in [-0.3, -0.25) is 4.99 Å². The third kappa shape index (κ3) is 7.00. The van der Waals surface area contributed by atoms with E-state index in [-0.39, 0.29) is 41.2 Å². The minimum Gasteiger partial charge on any atom is -0.357 e. The molecule has 1 aromatic heterocycles. The van der Waals surface area contributed by atoms with Crippen molar-refractivity contribution in [1.29, 1.82) is 0 Å². The molecule has 1 aromatic carbocycles. The summed E-state index contributed by atoms with van der Waals surface area (Å²) in [7, 11) is -3.72. The Morgan fingerprint density at radius 2 is 2.00 bits per heavy atom. The predicted octanol–water partition coefficient (Wildman–Crippen LogP) is 1.63. The molecule has 0 bridgehead atoms. The number of aliphatic imine (C=N–C) groups is 1. The van der Waals surface area contributed by atoms with Gasteiger partial charge in [0.25, 0.3) is 0 Å². The zero-order valence-electron chi connectivity index (χ0n) is 15.9. The molecule has 28 heavy (non-hydrogen) atoms.